The molecule has 2 amide bonds. The summed E-state index contributed by atoms with van der Waals surface area (Å²) in [6, 6.07) is 14.7. The Balaban J connectivity index is 1.75. The van der Waals surface area contributed by atoms with Gasteiger partial charge in [-0.3, -0.25) is 9.59 Å². The van der Waals surface area contributed by atoms with E-state index in [1.807, 2.05) is 30.3 Å². The van der Waals surface area contributed by atoms with Gasteiger partial charge in [-0.1, -0.05) is 49.7 Å². The summed E-state index contributed by atoms with van der Waals surface area (Å²) >= 11 is 5.98. The number of halogens is 1. The summed E-state index contributed by atoms with van der Waals surface area (Å²) in [6.07, 6.45) is -0.865. The van der Waals surface area contributed by atoms with Gasteiger partial charge in [-0.05, 0) is 35.7 Å². The second kappa shape index (κ2) is 8.63. The molecule has 0 saturated carbocycles. The quantitative estimate of drug-likeness (QED) is 0.779. The van der Waals surface area contributed by atoms with Crippen LogP contribution in [0.4, 0.5) is 5.69 Å². The number of anilines is 1. The van der Waals surface area contributed by atoms with Crippen molar-refractivity contribution in [2.45, 2.75) is 26.0 Å². The minimum atomic E-state index is -0.865. The van der Waals surface area contributed by atoms with Crippen molar-refractivity contribution in [3.05, 3.63) is 59.1 Å². The average molecular weight is 402 g/mol. The largest absolute Gasteiger partial charge is 0.477 e. The van der Waals surface area contributed by atoms with Crippen LogP contribution in [-0.4, -0.2) is 31.0 Å². The van der Waals surface area contributed by atoms with Crippen LogP contribution in [-0.2, 0) is 9.59 Å². The number of primary amides is 1. The number of fused-ring (bicyclic) bond motifs is 1. The van der Waals surface area contributed by atoms with Crippen LogP contribution in [0.5, 0.6) is 5.75 Å². The molecule has 1 heterocycles. The maximum absolute atomic E-state index is 13.0. The number of benzene rings is 2. The van der Waals surface area contributed by atoms with Crippen LogP contribution in [0.3, 0.4) is 0 Å². The first kappa shape index (κ1) is 20.2. The lowest BCUT2D eigenvalue weighted by Gasteiger charge is -2.34. The molecule has 1 aliphatic heterocycles. The number of rotatable bonds is 6. The summed E-state index contributed by atoms with van der Waals surface area (Å²) in [5.74, 6) is -0.00331. The number of hydrogen-bond donors (Lipinski definition) is 2. The van der Waals surface area contributed by atoms with Crippen LogP contribution < -0.4 is 20.7 Å². The summed E-state index contributed by atoms with van der Waals surface area (Å²) in [4.78, 5) is 26.2. The lowest BCUT2D eigenvalue weighted by Crippen LogP contribution is -2.51. The lowest BCUT2D eigenvalue weighted by atomic mass is 9.96. The molecule has 6 nitrogen and oxygen atoms in total. The van der Waals surface area contributed by atoms with Gasteiger partial charge >= 0.3 is 0 Å². The van der Waals surface area contributed by atoms with E-state index < -0.39 is 12.0 Å². The second-order valence-corrected chi connectivity index (χ2v) is 7.57. The number of carbonyl (C=O) groups excluding carboxylic acids is 2. The summed E-state index contributed by atoms with van der Waals surface area (Å²) in [6.45, 7) is 4.39. The molecule has 1 aliphatic rings. The van der Waals surface area contributed by atoms with E-state index >= 15 is 0 Å². The summed E-state index contributed by atoms with van der Waals surface area (Å²) in [7, 11) is 0. The van der Waals surface area contributed by atoms with Gasteiger partial charge in [-0.25, -0.2) is 0 Å². The Morgan fingerprint density at radius 1 is 1.21 bits per heavy atom. The predicted octanol–water partition coefficient (Wildman–Crippen LogP) is 2.91. The number of nitrogens with two attached hydrogens (primary N) is 1. The van der Waals surface area contributed by atoms with E-state index in [0.29, 0.717) is 16.5 Å². The number of hydrogen-bond acceptors (Lipinski definition) is 4. The molecule has 2 aromatic carbocycles. The Morgan fingerprint density at radius 2 is 1.89 bits per heavy atom. The van der Waals surface area contributed by atoms with Crippen LogP contribution >= 0.6 is 11.6 Å². The maximum Gasteiger partial charge on any atom is 0.260 e. The van der Waals surface area contributed by atoms with Crippen molar-refractivity contribution in [2.24, 2.45) is 11.7 Å². The van der Waals surface area contributed by atoms with Gasteiger partial charge < -0.3 is 20.7 Å². The third-order valence-corrected chi connectivity index (χ3v) is 5.01. The molecule has 0 bridgehead atoms. The van der Waals surface area contributed by atoms with Gasteiger partial charge in [0.15, 0.2) is 6.10 Å². The van der Waals surface area contributed by atoms with Gasteiger partial charge in [-0.2, -0.15) is 0 Å². The first-order valence-electron chi connectivity index (χ1n) is 9.21. The van der Waals surface area contributed by atoms with Crippen LogP contribution in [0.25, 0.3) is 0 Å². The molecule has 2 aromatic rings. The van der Waals surface area contributed by atoms with Gasteiger partial charge in [-0.15, -0.1) is 0 Å². The fourth-order valence-corrected chi connectivity index (χ4v) is 3.45. The number of amides is 2. The summed E-state index contributed by atoms with van der Waals surface area (Å²) < 4.78 is 5.62. The Hall–Kier alpha value is -2.57. The zero-order chi connectivity index (χ0) is 20.3. The SMILES string of the molecule is CC(C)[C@H](NCC(=O)N1C[C@H](C(N)=O)Oc2ccccc21)c1ccc(Cl)cc1. The molecule has 7 heteroatoms. The van der Waals surface area contributed by atoms with Gasteiger partial charge in [0.1, 0.15) is 5.75 Å². The molecule has 0 radical (unpaired) electrons. The zero-order valence-electron chi connectivity index (χ0n) is 15.9. The standard InChI is InChI=1S/C21H24ClN3O3/c1-13(2)20(14-7-9-15(22)10-8-14)24-11-19(26)25-12-18(21(23)27)28-17-6-4-3-5-16(17)25/h3-10,13,18,20,24H,11-12H2,1-2H3,(H2,23,27)/t18-,20+/m1/s1. The molecule has 0 aromatic heterocycles. The highest BCUT2D eigenvalue weighted by atomic mass is 35.5. The highest BCUT2D eigenvalue weighted by Gasteiger charge is 2.32. The Kier molecular flexibility index (Phi) is 6.21. The fraction of sp³-hybridized carbons (Fsp3) is 0.333. The highest BCUT2D eigenvalue weighted by Crippen LogP contribution is 2.33. The smallest absolute Gasteiger partial charge is 0.260 e. The number of para-hydroxylation sites is 2. The maximum atomic E-state index is 13.0. The number of ether oxygens (including phenoxy) is 1. The third kappa shape index (κ3) is 4.46. The third-order valence-electron chi connectivity index (χ3n) is 4.76. The van der Waals surface area contributed by atoms with Crippen LogP contribution in [0.2, 0.25) is 5.02 Å². The lowest BCUT2D eigenvalue weighted by molar-refractivity contribution is -0.125. The van der Waals surface area contributed by atoms with Crippen molar-refractivity contribution < 1.29 is 14.3 Å². The average Bonchev–Trinajstić information content (AvgIpc) is 2.68. The van der Waals surface area contributed by atoms with Crippen molar-refractivity contribution in [3.8, 4) is 5.75 Å². The molecule has 0 unspecified atom stereocenters. The monoisotopic (exact) mass is 401 g/mol. The number of nitrogens with one attached hydrogen (secondary N) is 1. The van der Waals surface area contributed by atoms with E-state index in [0.717, 1.165) is 5.56 Å². The molecule has 0 aliphatic carbocycles. The van der Waals surface area contributed by atoms with E-state index in [9.17, 15) is 9.59 Å². The van der Waals surface area contributed by atoms with E-state index in [2.05, 4.69) is 19.2 Å². The topological polar surface area (TPSA) is 84.7 Å². The predicted molar refractivity (Wildman–Crippen MR) is 109 cm³/mol. The first-order valence-corrected chi connectivity index (χ1v) is 9.59. The zero-order valence-corrected chi connectivity index (χ0v) is 16.6. The molecule has 2 atom stereocenters. The van der Waals surface area contributed by atoms with Gasteiger partial charge in [0.05, 0.1) is 18.8 Å². The van der Waals surface area contributed by atoms with Crippen molar-refractivity contribution in [1.82, 2.24) is 5.32 Å². The van der Waals surface area contributed by atoms with E-state index in [4.69, 9.17) is 22.1 Å². The minimum absolute atomic E-state index is 0.00978. The van der Waals surface area contributed by atoms with Crippen molar-refractivity contribution in [2.75, 3.05) is 18.0 Å². The molecular weight excluding hydrogens is 378 g/mol. The van der Waals surface area contributed by atoms with Crippen LogP contribution in [0.15, 0.2) is 48.5 Å². The second-order valence-electron chi connectivity index (χ2n) is 7.14. The highest BCUT2D eigenvalue weighted by molar-refractivity contribution is 6.30. The number of carbonyl (C=O) groups is 2. The van der Waals surface area contributed by atoms with Crippen LogP contribution in [0, 0.1) is 5.92 Å². The fourth-order valence-electron chi connectivity index (χ4n) is 3.32. The molecule has 28 heavy (non-hydrogen) atoms. The Labute approximate surface area is 169 Å². The number of nitrogens with zero attached hydrogens (tertiary/aromatic N) is 1. The van der Waals surface area contributed by atoms with Crippen molar-refractivity contribution in [1.29, 1.82) is 0 Å². The normalized spacial score (nSPS) is 17.0. The Morgan fingerprint density at radius 3 is 2.54 bits per heavy atom. The van der Waals surface area contributed by atoms with E-state index in [1.54, 1.807) is 23.1 Å². The van der Waals surface area contributed by atoms with Crippen LogP contribution in [0.1, 0.15) is 25.5 Å². The Bertz CT molecular complexity index is 854. The minimum Gasteiger partial charge on any atom is -0.477 e. The van der Waals surface area contributed by atoms with Gasteiger partial charge in [0.25, 0.3) is 5.91 Å². The molecule has 3 N–H and O–H groups in total. The van der Waals surface area contributed by atoms with E-state index in [-0.39, 0.29) is 31.0 Å². The molecule has 0 fully saturated rings. The first-order chi connectivity index (χ1) is 13.4. The van der Waals surface area contributed by atoms with Gasteiger partial charge in [0, 0.05) is 11.1 Å². The van der Waals surface area contributed by atoms with E-state index in [1.165, 1.54) is 0 Å². The van der Waals surface area contributed by atoms with Crippen molar-refractivity contribution in [3.63, 3.8) is 0 Å². The summed E-state index contributed by atoms with van der Waals surface area (Å²) in [5.41, 5.74) is 7.11. The van der Waals surface area contributed by atoms with Crippen molar-refractivity contribution >= 4 is 29.1 Å². The molecule has 0 spiro atoms. The molecule has 0 saturated heterocycles. The molecule has 3 rings (SSSR count). The molecule has 148 valence electrons. The summed E-state index contributed by atoms with van der Waals surface area (Å²) in [5, 5.41) is 4.01. The molecular formula is C21H24ClN3O3. The van der Waals surface area contributed by atoms with Gasteiger partial charge in [0.2, 0.25) is 5.91 Å².